The number of carbonyl (C=O) groups is 2. The third-order valence-electron chi connectivity index (χ3n) is 7.63. The largest absolute Gasteiger partial charge is 0.419 e. The van der Waals surface area contributed by atoms with Crippen molar-refractivity contribution in [2.45, 2.75) is 58.4 Å². The van der Waals surface area contributed by atoms with Gasteiger partial charge in [0.15, 0.2) is 0 Å². The first-order chi connectivity index (χ1) is 19.9. The average molecular weight is 590 g/mol. The Balaban J connectivity index is 1.88. The summed E-state index contributed by atoms with van der Waals surface area (Å²) in [4.78, 5) is 28.4. The molecule has 3 atom stereocenters. The smallest absolute Gasteiger partial charge is 0.391 e. The van der Waals surface area contributed by atoms with E-state index in [1.54, 1.807) is 23.1 Å². The van der Waals surface area contributed by atoms with Crippen molar-refractivity contribution in [3.63, 3.8) is 0 Å². The number of halogens is 4. The van der Waals surface area contributed by atoms with Crippen LogP contribution in [0.3, 0.4) is 0 Å². The molecule has 42 heavy (non-hydrogen) atoms. The number of carbonyl (C=O) groups excluding carboxylic acids is 2. The number of benzene rings is 2. The third-order valence-corrected chi connectivity index (χ3v) is 7.63. The maximum Gasteiger partial charge on any atom is 0.419 e. The van der Waals surface area contributed by atoms with Crippen LogP contribution in [0.4, 0.5) is 17.6 Å². The van der Waals surface area contributed by atoms with E-state index in [0.717, 1.165) is 30.5 Å². The summed E-state index contributed by atoms with van der Waals surface area (Å²) in [6.45, 7) is 4.92. The molecule has 1 unspecified atom stereocenters. The van der Waals surface area contributed by atoms with E-state index in [1.807, 2.05) is 44.2 Å². The van der Waals surface area contributed by atoms with Crippen LogP contribution in [0, 0.1) is 17.2 Å². The average Bonchev–Trinajstić information content (AvgIpc) is 2.96. The summed E-state index contributed by atoms with van der Waals surface area (Å²) >= 11 is 0. The van der Waals surface area contributed by atoms with Crippen LogP contribution < -0.4 is 11.1 Å². The van der Waals surface area contributed by atoms with Gasteiger partial charge in [0.1, 0.15) is 5.82 Å². The van der Waals surface area contributed by atoms with E-state index in [1.165, 1.54) is 6.07 Å². The number of hydrogen-bond donors (Lipinski definition) is 3. The molecule has 2 aromatic rings. The first-order valence-electron chi connectivity index (χ1n) is 14.2. The van der Waals surface area contributed by atoms with Gasteiger partial charge in [-0.3, -0.25) is 9.59 Å². The quantitative estimate of drug-likeness (QED) is 0.265. The molecule has 1 aliphatic rings. The van der Waals surface area contributed by atoms with Gasteiger partial charge in [-0.05, 0) is 48.9 Å². The molecule has 1 aliphatic carbocycles. The predicted molar refractivity (Wildman–Crippen MR) is 153 cm³/mol. The second-order valence-corrected chi connectivity index (χ2v) is 10.7. The number of allylic oxidation sites excluding steroid dienone is 2. The maximum atomic E-state index is 13.7. The number of aliphatic hydroxyl groups excluding tert-OH is 1. The number of amides is 2. The van der Waals surface area contributed by atoms with E-state index in [9.17, 15) is 32.3 Å². The van der Waals surface area contributed by atoms with Gasteiger partial charge in [-0.1, -0.05) is 68.5 Å². The molecule has 6 nitrogen and oxygen atoms in total. The highest BCUT2D eigenvalue weighted by Crippen LogP contribution is 2.43. The first-order valence-corrected chi connectivity index (χ1v) is 14.2. The van der Waals surface area contributed by atoms with E-state index >= 15 is 0 Å². The molecule has 0 saturated heterocycles. The van der Waals surface area contributed by atoms with E-state index in [2.05, 4.69) is 5.32 Å². The fourth-order valence-corrected chi connectivity index (χ4v) is 5.52. The van der Waals surface area contributed by atoms with Gasteiger partial charge in [0, 0.05) is 37.7 Å². The molecule has 228 valence electrons. The van der Waals surface area contributed by atoms with Crippen molar-refractivity contribution in [2.75, 3.05) is 19.6 Å². The van der Waals surface area contributed by atoms with Gasteiger partial charge in [0.05, 0.1) is 17.1 Å². The van der Waals surface area contributed by atoms with Crippen LogP contribution in [0.2, 0.25) is 0 Å². The SMILES string of the molecule is CCCN(CCC)C(=O)C1=CC=CC(C(N)=O)([C@H](Cc2ccccc2)[C@@H](O)CNCc2ccc(F)c(C(F)(F)F)c2)C1. The number of rotatable bonds is 14. The van der Waals surface area contributed by atoms with Crippen molar-refractivity contribution in [2.24, 2.45) is 17.1 Å². The van der Waals surface area contributed by atoms with Crippen LogP contribution in [0.25, 0.3) is 0 Å². The van der Waals surface area contributed by atoms with Crippen LogP contribution in [-0.2, 0) is 28.7 Å². The van der Waals surface area contributed by atoms with Gasteiger partial charge in [-0.15, -0.1) is 0 Å². The molecule has 0 aliphatic heterocycles. The Labute approximate surface area is 244 Å². The third kappa shape index (κ3) is 8.07. The molecular formula is C32H39F4N3O3. The lowest BCUT2D eigenvalue weighted by Crippen LogP contribution is -2.51. The summed E-state index contributed by atoms with van der Waals surface area (Å²) in [5.41, 5.74) is 4.69. The zero-order valence-corrected chi connectivity index (χ0v) is 24.0. The minimum Gasteiger partial charge on any atom is -0.391 e. The van der Waals surface area contributed by atoms with Crippen molar-refractivity contribution < 1.29 is 32.3 Å². The molecule has 4 N–H and O–H groups in total. The Hall–Kier alpha value is -3.50. The zero-order valence-electron chi connectivity index (χ0n) is 24.0. The van der Waals surface area contributed by atoms with Crippen LogP contribution >= 0.6 is 0 Å². The highest BCUT2D eigenvalue weighted by molar-refractivity contribution is 5.96. The van der Waals surface area contributed by atoms with Crippen LogP contribution in [-0.4, -0.2) is 47.6 Å². The number of nitrogens with two attached hydrogens (primary N) is 1. The second kappa shape index (κ2) is 14.6. The Morgan fingerprint density at radius 3 is 2.33 bits per heavy atom. The number of aliphatic hydroxyl groups is 1. The Morgan fingerprint density at radius 2 is 1.74 bits per heavy atom. The molecule has 0 bridgehead atoms. The van der Waals surface area contributed by atoms with Crippen molar-refractivity contribution in [1.82, 2.24) is 10.2 Å². The van der Waals surface area contributed by atoms with Gasteiger partial charge >= 0.3 is 6.18 Å². The fourth-order valence-electron chi connectivity index (χ4n) is 5.52. The number of nitrogens with one attached hydrogen (secondary N) is 1. The topological polar surface area (TPSA) is 95.7 Å². The summed E-state index contributed by atoms with van der Waals surface area (Å²) in [5, 5.41) is 14.4. The monoisotopic (exact) mass is 589 g/mol. The molecule has 0 saturated carbocycles. The standard InChI is InChI=1S/C32H39F4N3O3/c1-3-15-39(16-4-2)29(41)24-11-8-14-31(19-24,30(37)42)26(17-22-9-6-5-7-10-22)28(40)21-38-20-23-12-13-27(33)25(18-23)32(34,35)36/h5-14,18,26,28,38,40H,3-4,15-17,19-21H2,1-2H3,(H2,37,42)/t26-,28+,31?/m1/s1. The molecule has 3 rings (SSSR count). The van der Waals surface area contributed by atoms with Gasteiger partial charge in [-0.25, -0.2) is 4.39 Å². The van der Waals surface area contributed by atoms with Gasteiger partial charge in [0.2, 0.25) is 11.8 Å². The van der Waals surface area contributed by atoms with Crippen molar-refractivity contribution in [1.29, 1.82) is 0 Å². The Kier molecular flexibility index (Phi) is 11.5. The van der Waals surface area contributed by atoms with E-state index in [-0.39, 0.29) is 37.4 Å². The lowest BCUT2D eigenvalue weighted by molar-refractivity contribution is -0.140. The molecule has 0 heterocycles. The molecule has 0 radical (unpaired) electrons. The van der Waals surface area contributed by atoms with Gasteiger partial charge in [0.25, 0.3) is 0 Å². The predicted octanol–water partition coefficient (Wildman–Crippen LogP) is 5.16. The molecule has 2 aromatic carbocycles. The highest BCUT2D eigenvalue weighted by atomic mass is 19.4. The van der Waals surface area contributed by atoms with Crippen molar-refractivity contribution in [3.8, 4) is 0 Å². The Bertz CT molecular complexity index is 1270. The highest BCUT2D eigenvalue weighted by Gasteiger charge is 2.47. The first kappa shape index (κ1) is 33.0. The fraction of sp³-hybridized carbons (Fsp3) is 0.438. The Morgan fingerprint density at radius 1 is 1.07 bits per heavy atom. The minimum atomic E-state index is -4.84. The summed E-state index contributed by atoms with van der Waals surface area (Å²) in [5.74, 6) is -3.02. The molecule has 0 aromatic heterocycles. The lowest BCUT2D eigenvalue weighted by Gasteiger charge is -2.41. The summed E-state index contributed by atoms with van der Waals surface area (Å²) in [7, 11) is 0. The minimum absolute atomic E-state index is 0.00304. The van der Waals surface area contributed by atoms with Crippen molar-refractivity contribution >= 4 is 11.8 Å². The zero-order chi connectivity index (χ0) is 30.9. The van der Waals surface area contributed by atoms with E-state index in [0.29, 0.717) is 18.7 Å². The van der Waals surface area contributed by atoms with Crippen LogP contribution in [0.15, 0.2) is 72.3 Å². The van der Waals surface area contributed by atoms with E-state index < -0.39 is 40.9 Å². The number of hydrogen-bond acceptors (Lipinski definition) is 4. The van der Waals surface area contributed by atoms with Gasteiger partial charge < -0.3 is 21.1 Å². The summed E-state index contributed by atoms with van der Waals surface area (Å²) in [6.07, 6.45) is 0.735. The molecule has 10 heteroatoms. The van der Waals surface area contributed by atoms with E-state index in [4.69, 9.17) is 5.73 Å². The summed E-state index contributed by atoms with van der Waals surface area (Å²) in [6, 6.07) is 11.9. The van der Waals surface area contributed by atoms with Crippen LogP contribution in [0.5, 0.6) is 0 Å². The number of primary amides is 1. The molecule has 0 fully saturated rings. The number of nitrogens with zero attached hydrogens (tertiary/aromatic N) is 1. The molecule has 0 spiro atoms. The molecule has 2 amide bonds. The van der Waals surface area contributed by atoms with Gasteiger partial charge in [-0.2, -0.15) is 13.2 Å². The summed E-state index contributed by atoms with van der Waals surface area (Å²) < 4.78 is 53.2. The van der Waals surface area contributed by atoms with Crippen LogP contribution in [0.1, 0.15) is 49.8 Å². The number of alkyl halides is 3. The molecular weight excluding hydrogens is 550 g/mol. The lowest BCUT2D eigenvalue weighted by atomic mass is 9.64. The maximum absolute atomic E-state index is 13.7. The normalized spacial score (nSPS) is 18.3. The van der Waals surface area contributed by atoms with Crippen molar-refractivity contribution in [3.05, 3.63) is 94.8 Å². The second-order valence-electron chi connectivity index (χ2n) is 10.7.